The summed E-state index contributed by atoms with van der Waals surface area (Å²) in [6, 6.07) is 10.8. The van der Waals surface area contributed by atoms with E-state index in [1.165, 1.54) is 18.5 Å². The van der Waals surface area contributed by atoms with Crippen LogP contribution in [-0.4, -0.2) is 73.6 Å². The molecule has 0 amide bonds. The average Bonchev–Trinajstić information content (AvgIpc) is 3.71. The van der Waals surface area contributed by atoms with Gasteiger partial charge in [-0.3, -0.25) is 4.57 Å². The maximum atomic E-state index is 6.80. The van der Waals surface area contributed by atoms with Gasteiger partial charge >= 0.3 is 0 Å². The summed E-state index contributed by atoms with van der Waals surface area (Å²) in [6.07, 6.45) is 3.53. The van der Waals surface area contributed by atoms with Gasteiger partial charge in [-0.05, 0) is 49.2 Å². The zero-order valence-electron chi connectivity index (χ0n) is 24.7. The number of hydrogen-bond donors (Lipinski definition) is 0. The molecule has 3 saturated heterocycles. The number of rotatable bonds is 8. The molecule has 0 N–H and O–H groups in total. The van der Waals surface area contributed by atoms with E-state index in [1.807, 2.05) is 16.7 Å². The van der Waals surface area contributed by atoms with E-state index in [0.717, 1.165) is 24.2 Å². The Bertz CT molecular complexity index is 1410. The SMILES string of the molecule is C=CCn1c(O[C@@H]2CO[C@@H]3[C@H]2OC[C@H]3O[Si](C)(C)C(C)(C)C)nc2nc(-c3ccc(N4CCCC4)cc3)c(Cl)cc21. The van der Waals surface area contributed by atoms with Gasteiger partial charge in [0.1, 0.15) is 12.2 Å². The first-order valence-corrected chi connectivity index (χ1v) is 17.9. The molecular formula is C31H41ClN4O4Si. The highest BCUT2D eigenvalue weighted by Crippen LogP contribution is 2.41. The first-order chi connectivity index (χ1) is 19.6. The highest BCUT2D eigenvalue weighted by molar-refractivity contribution is 6.74. The second kappa shape index (κ2) is 11.0. The van der Waals surface area contributed by atoms with E-state index in [4.69, 9.17) is 40.2 Å². The third kappa shape index (κ3) is 5.43. The largest absolute Gasteiger partial charge is 0.456 e. The van der Waals surface area contributed by atoms with Crippen molar-refractivity contribution in [2.45, 2.75) is 82.7 Å². The maximum absolute atomic E-state index is 6.80. The Morgan fingerprint density at radius 1 is 1.05 bits per heavy atom. The second-order valence-corrected chi connectivity index (χ2v) is 18.0. The fourth-order valence-corrected chi connectivity index (χ4v) is 7.30. The van der Waals surface area contributed by atoms with Crippen LogP contribution in [0.1, 0.15) is 33.6 Å². The van der Waals surface area contributed by atoms with E-state index < -0.39 is 8.32 Å². The number of fused-ring (bicyclic) bond motifs is 2. The van der Waals surface area contributed by atoms with Gasteiger partial charge in [0.2, 0.25) is 0 Å². The molecule has 3 fully saturated rings. The first-order valence-electron chi connectivity index (χ1n) is 14.7. The molecular weight excluding hydrogens is 556 g/mol. The summed E-state index contributed by atoms with van der Waals surface area (Å²) in [5.41, 5.74) is 4.27. The van der Waals surface area contributed by atoms with Crippen LogP contribution in [0.15, 0.2) is 43.0 Å². The van der Waals surface area contributed by atoms with Gasteiger partial charge in [-0.25, -0.2) is 4.98 Å². The number of pyridine rings is 1. The van der Waals surface area contributed by atoms with Gasteiger partial charge in [0, 0.05) is 30.9 Å². The Hall–Kier alpha value is -2.43. The molecule has 0 bridgehead atoms. The summed E-state index contributed by atoms with van der Waals surface area (Å²) < 4.78 is 27.5. The average molecular weight is 597 g/mol. The molecule has 41 heavy (non-hydrogen) atoms. The standard InChI is InChI=1S/C31H41ClN4O4Si/c1-7-14-36-23-17-22(32)26(20-10-12-21(13-11-20)35-15-8-9-16-35)33-29(23)34-30(36)39-24-18-37-28-25(19-38-27(24)28)40-41(5,6)31(2,3)4/h7,10-13,17,24-25,27-28H,1,8-9,14-16,18-19H2,2-6H3/t24-,25-,27+,28+/m1/s1. The number of halogens is 1. The van der Waals surface area contributed by atoms with Gasteiger partial charge < -0.3 is 23.5 Å². The van der Waals surface area contributed by atoms with Crippen molar-refractivity contribution in [3.8, 4) is 17.3 Å². The number of imidazole rings is 1. The van der Waals surface area contributed by atoms with Crippen molar-refractivity contribution in [1.82, 2.24) is 14.5 Å². The summed E-state index contributed by atoms with van der Waals surface area (Å²) >= 11 is 6.80. The van der Waals surface area contributed by atoms with Crippen LogP contribution in [-0.2, 0) is 20.4 Å². The summed E-state index contributed by atoms with van der Waals surface area (Å²) in [7, 11) is -1.97. The van der Waals surface area contributed by atoms with Crippen molar-refractivity contribution in [3.05, 3.63) is 48.0 Å². The molecule has 2 aromatic heterocycles. The third-order valence-electron chi connectivity index (χ3n) is 9.05. The number of aromatic nitrogens is 3. The smallest absolute Gasteiger partial charge is 0.299 e. The lowest BCUT2D eigenvalue weighted by Crippen LogP contribution is -2.47. The van der Waals surface area contributed by atoms with E-state index in [1.54, 1.807) is 0 Å². The molecule has 10 heteroatoms. The molecule has 1 aromatic carbocycles. The van der Waals surface area contributed by atoms with E-state index in [0.29, 0.717) is 42.1 Å². The maximum Gasteiger partial charge on any atom is 0.299 e. The molecule has 8 nitrogen and oxygen atoms in total. The van der Waals surface area contributed by atoms with Crippen molar-refractivity contribution in [2.24, 2.45) is 0 Å². The monoisotopic (exact) mass is 596 g/mol. The summed E-state index contributed by atoms with van der Waals surface area (Å²) in [6.45, 7) is 18.8. The molecule has 0 unspecified atom stereocenters. The summed E-state index contributed by atoms with van der Waals surface area (Å²) in [5, 5.41) is 0.676. The molecule has 4 atom stereocenters. The lowest BCUT2D eigenvalue weighted by molar-refractivity contribution is 0.0105. The normalized spacial score (nSPS) is 24.8. The molecule has 0 spiro atoms. The number of ether oxygens (including phenoxy) is 3. The Morgan fingerprint density at radius 2 is 1.71 bits per heavy atom. The Kier molecular flexibility index (Phi) is 7.70. The van der Waals surface area contributed by atoms with E-state index in [2.05, 4.69) is 69.6 Å². The zero-order valence-corrected chi connectivity index (χ0v) is 26.5. The van der Waals surface area contributed by atoms with Crippen LogP contribution in [0.4, 0.5) is 5.69 Å². The second-order valence-electron chi connectivity index (χ2n) is 12.9. The zero-order chi connectivity index (χ0) is 28.9. The highest BCUT2D eigenvalue weighted by Gasteiger charge is 2.52. The number of hydrogen-bond acceptors (Lipinski definition) is 7. The predicted octanol–water partition coefficient (Wildman–Crippen LogP) is 6.47. The lowest BCUT2D eigenvalue weighted by Gasteiger charge is -2.39. The fourth-order valence-electron chi connectivity index (χ4n) is 5.73. The molecule has 3 aliphatic heterocycles. The Balaban J connectivity index is 1.23. The quantitative estimate of drug-likeness (QED) is 0.218. The van der Waals surface area contributed by atoms with E-state index in [-0.39, 0.29) is 29.5 Å². The molecule has 0 saturated carbocycles. The van der Waals surface area contributed by atoms with Crippen molar-refractivity contribution in [2.75, 3.05) is 31.2 Å². The highest BCUT2D eigenvalue weighted by atomic mass is 35.5. The predicted molar refractivity (Wildman–Crippen MR) is 166 cm³/mol. The minimum Gasteiger partial charge on any atom is -0.456 e. The number of nitrogens with zero attached hydrogens (tertiary/aromatic N) is 4. The van der Waals surface area contributed by atoms with Crippen molar-refractivity contribution in [1.29, 1.82) is 0 Å². The molecule has 0 radical (unpaired) electrons. The summed E-state index contributed by atoms with van der Waals surface area (Å²) in [4.78, 5) is 12.1. The molecule has 0 aliphatic carbocycles. The number of anilines is 1. The molecule has 5 heterocycles. The van der Waals surface area contributed by atoms with Crippen molar-refractivity contribution < 1.29 is 18.6 Å². The van der Waals surface area contributed by atoms with Crippen LogP contribution < -0.4 is 9.64 Å². The van der Waals surface area contributed by atoms with Crippen LogP contribution in [0.2, 0.25) is 23.2 Å². The Labute approximate surface area is 248 Å². The van der Waals surface area contributed by atoms with Gasteiger partial charge in [-0.2, -0.15) is 4.98 Å². The lowest BCUT2D eigenvalue weighted by atomic mass is 10.1. The van der Waals surface area contributed by atoms with Crippen LogP contribution >= 0.6 is 11.6 Å². The molecule has 3 aliphatic rings. The third-order valence-corrected chi connectivity index (χ3v) is 13.8. The van der Waals surface area contributed by atoms with Gasteiger partial charge in [0.15, 0.2) is 20.1 Å². The van der Waals surface area contributed by atoms with Gasteiger partial charge in [-0.15, -0.1) is 6.58 Å². The number of benzene rings is 1. The van der Waals surface area contributed by atoms with Crippen LogP contribution in [0.25, 0.3) is 22.4 Å². The molecule has 220 valence electrons. The first kappa shape index (κ1) is 28.7. The Morgan fingerprint density at radius 3 is 2.37 bits per heavy atom. The van der Waals surface area contributed by atoms with Crippen LogP contribution in [0, 0.1) is 0 Å². The van der Waals surface area contributed by atoms with E-state index in [9.17, 15) is 0 Å². The van der Waals surface area contributed by atoms with Crippen LogP contribution in [0.3, 0.4) is 0 Å². The fraction of sp³-hybridized carbons (Fsp3) is 0.548. The number of allylic oxidation sites excluding steroid dienone is 1. The minimum atomic E-state index is -1.97. The molecule has 3 aromatic rings. The van der Waals surface area contributed by atoms with Gasteiger partial charge in [-0.1, -0.05) is 50.6 Å². The van der Waals surface area contributed by atoms with Crippen LogP contribution in [0.5, 0.6) is 6.01 Å². The summed E-state index contributed by atoms with van der Waals surface area (Å²) in [5.74, 6) is 0. The van der Waals surface area contributed by atoms with E-state index >= 15 is 0 Å². The van der Waals surface area contributed by atoms with Crippen molar-refractivity contribution in [3.63, 3.8) is 0 Å². The van der Waals surface area contributed by atoms with Crippen molar-refractivity contribution >= 4 is 36.8 Å². The topological polar surface area (TPSA) is 70.9 Å². The minimum absolute atomic E-state index is 0.0960. The molecule has 6 rings (SSSR count). The van der Waals surface area contributed by atoms with Gasteiger partial charge in [0.25, 0.3) is 6.01 Å². The van der Waals surface area contributed by atoms with Gasteiger partial charge in [0.05, 0.1) is 35.6 Å².